The van der Waals surface area contributed by atoms with Gasteiger partial charge in [0.2, 0.25) is 11.8 Å². The van der Waals surface area contributed by atoms with E-state index in [0.717, 1.165) is 9.86 Å². The van der Waals surface area contributed by atoms with Crippen molar-refractivity contribution in [2.75, 3.05) is 14.2 Å². The summed E-state index contributed by atoms with van der Waals surface area (Å²) in [6.07, 6.45) is 1.73. The summed E-state index contributed by atoms with van der Waals surface area (Å²) >= 11 is 3.40. The maximum Gasteiger partial charge on any atom is 0.258 e. The summed E-state index contributed by atoms with van der Waals surface area (Å²) < 4.78 is 12.7. The molecule has 0 fully saturated rings. The molecule has 0 saturated carbocycles. The molecule has 2 heterocycles. The summed E-state index contributed by atoms with van der Waals surface area (Å²) in [6.45, 7) is 0.235. The second-order valence-corrected chi connectivity index (χ2v) is 5.76. The van der Waals surface area contributed by atoms with Gasteiger partial charge in [0, 0.05) is 16.1 Å². The van der Waals surface area contributed by atoms with E-state index in [2.05, 4.69) is 25.9 Å². The minimum Gasteiger partial charge on any atom is -0.481 e. The van der Waals surface area contributed by atoms with Crippen LogP contribution in [-0.4, -0.2) is 28.8 Å². The third-order valence-electron chi connectivity index (χ3n) is 3.39. The number of ether oxygens (including phenoxy) is 2. The minimum absolute atomic E-state index is 0.0969. The van der Waals surface area contributed by atoms with Gasteiger partial charge in [-0.2, -0.15) is 9.97 Å². The molecule has 0 unspecified atom stereocenters. The van der Waals surface area contributed by atoms with E-state index in [-0.39, 0.29) is 12.1 Å². The Kier molecular flexibility index (Phi) is 4.29. The van der Waals surface area contributed by atoms with Crippen molar-refractivity contribution < 1.29 is 9.47 Å². The molecule has 0 bridgehead atoms. The highest BCUT2D eigenvalue weighted by atomic mass is 79.9. The van der Waals surface area contributed by atoms with Crippen LogP contribution < -0.4 is 15.0 Å². The first-order chi connectivity index (χ1) is 11.1. The Morgan fingerprint density at radius 2 is 1.78 bits per heavy atom. The zero-order chi connectivity index (χ0) is 16.4. The third kappa shape index (κ3) is 3.19. The van der Waals surface area contributed by atoms with Gasteiger partial charge in [-0.3, -0.25) is 4.79 Å². The Hall–Kier alpha value is -2.41. The van der Waals surface area contributed by atoms with Gasteiger partial charge in [-0.15, -0.1) is 0 Å². The number of benzene rings is 1. The fourth-order valence-electron chi connectivity index (χ4n) is 2.27. The summed E-state index contributed by atoms with van der Waals surface area (Å²) in [5, 5.41) is 1.52. The Morgan fingerprint density at radius 1 is 1.09 bits per heavy atom. The molecule has 0 spiro atoms. The summed E-state index contributed by atoms with van der Waals surface area (Å²) in [6, 6.07) is 9.03. The van der Waals surface area contributed by atoms with Gasteiger partial charge < -0.3 is 14.0 Å². The maximum atomic E-state index is 12.6. The summed E-state index contributed by atoms with van der Waals surface area (Å²) in [5.74, 6) is 1.23. The van der Waals surface area contributed by atoms with Crippen LogP contribution in [0.2, 0.25) is 0 Å². The second-order valence-electron chi connectivity index (χ2n) is 4.85. The van der Waals surface area contributed by atoms with Crippen molar-refractivity contribution in [2.45, 2.75) is 6.54 Å². The van der Waals surface area contributed by atoms with Crippen molar-refractivity contribution >= 4 is 26.7 Å². The number of nitrogens with zero attached hydrogens (tertiary/aromatic N) is 3. The standard InChI is InChI=1S/C16H14BrN3O3/c1-22-14-8-15(23-2)19-13(18-14)9-20-6-5-10-7-11(17)3-4-12(10)16(20)21/h3-8H,9H2,1-2H3. The molecular formula is C16H14BrN3O3. The number of rotatable bonds is 4. The first-order valence-corrected chi connectivity index (χ1v) is 7.64. The predicted octanol–water partition coefficient (Wildman–Crippen LogP) is 2.62. The fourth-order valence-corrected chi connectivity index (χ4v) is 2.64. The average molecular weight is 376 g/mol. The molecule has 0 aliphatic carbocycles. The van der Waals surface area contributed by atoms with Crippen LogP contribution in [-0.2, 0) is 6.54 Å². The van der Waals surface area contributed by atoms with Gasteiger partial charge in [-0.1, -0.05) is 15.9 Å². The molecule has 0 atom stereocenters. The molecule has 2 aromatic heterocycles. The van der Waals surface area contributed by atoms with Gasteiger partial charge in [-0.05, 0) is 29.7 Å². The highest BCUT2D eigenvalue weighted by Crippen LogP contribution is 2.18. The van der Waals surface area contributed by atoms with E-state index in [1.165, 1.54) is 14.2 Å². The monoisotopic (exact) mass is 375 g/mol. The van der Waals surface area contributed by atoms with Gasteiger partial charge in [0.25, 0.3) is 5.56 Å². The van der Waals surface area contributed by atoms with Crippen molar-refractivity contribution in [3.63, 3.8) is 0 Å². The molecule has 3 aromatic rings. The van der Waals surface area contributed by atoms with Crippen molar-refractivity contribution in [3.05, 3.63) is 57.2 Å². The van der Waals surface area contributed by atoms with Crippen LogP contribution in [0.4, 0.5) is 0 Å². The van der Waals surface area contributed by atoms with Crippen molar-refractivity contribution in [1.82, 2.24) is 14.5 Å². The first-order valence-electron chi connectivity index (χ1n) is 6.85. The summed E-state index contributed by atoms with van der Waals surface area (Å²) in [4.78, 5) is 21.1. The Bertz CT molecular complexity index is 902. The highest BCUT2D eigenvalue weighted by molar-refractivity contribution is 9.10. The molecule has 118 valence electrons. The Morgan fingerprint density at radius 3 is 2.43 bits per heavy atom. The van der Waals surface area contributed by atoms with E-state index in [9.17, 15) is 4.79 Å². The Balaban J connectivity index is 2.03. The SMILES string of the molecule is COc1cc(OC)nc(Cn2ccc3cc(Br)ccc3c2=O)n1. The van der Waals surface area contributed by atoms with Crippen LogP contribution in [0.1, 0.15) is 5.82 Å². The van der Waals surface area contributed by atoms with Crippen LogP contribution in [0.5, 0.6) is 11.8 Å². The molecule has 6 nitrogen and oxygen atoms in total. The summed E-state index contributed by atoms with van der Waals surface area (Å²) in [5.41, 5.74) is -0.0969. The van der Waals surface area contributed by atoms with Crippen LogP contribution in [0, 0.1) is 0 Å². The highest BCUT2D eigenvalue weighted by Gasteiger charge is 2.09. The number of halogens is 1. The van der Waals surface area contributed by atoms with Crippen molar-refractivity contribution in [1.29, 1.82) is 0 Å². The molecule has 1 aromatic carbocycles. The molecule has 0 aliphatic heterocycles. The van der Waals surface area contributed by atoms with E-state index in [4.69, 9.17) is 9.47 Å². The Labute approximate surface area is 140 Å². The first kappa shape index (κ1) is 15.5. The number of hydrogen-bond acceptors (Lipinski definition) is 5. The molecule has 0 amide bonds. The lowest BCUT2D eigenvalue weighted by molar-refractivity contribution is 0.367. The molecule has 0 aliphatic rings. The summed E-state index contributed by atoms with van der Waals surface area (Å²) in [7, 11) is 3.04. The van der Waals surface area contributed by atoms with Crippen LogP contribution in [0.3, 0.4) is 0 Å². The zero-order valence-corrected chi connectivity index (χ0v) is 14.2. The van der Waals surface area contributed by atoms with Gasteiger partial charge in [0.15, 0.2) is 5.82 Å². The average Bonchev–Trinajstić information content (AvgIpc) is 2.57. The normalized spacial score (nSPS) is 10.7. The van der Waals surface area contributed by atoms with Gasteiger partial charge in [0.1, 0.15) is 0 Å². The number of aromatic nitrogens is 3. The second kappa shape index (κ2) is 6.37. The minimum atomic E-state index is -0.0969. The number of methoxy groups -OCH3 is 2. The molecular weight excluding hydrogens is 362 g/mol. The number of pyridine rings is 1. The van der Waals surface area contributed by atoms with Gasteiger partial charge in [-0.25, -0.2) is 0 Å². The quantitative estimate of drug-likeness (QED) is 0.701. The van der Waals surface area contributed by atoms with Crippen LogP contribution in [0.25, 0.3) is 10.8 Å². The van der Waals surface area contributed by atoms with E-state index in [1.807, 2.05) is 18.2 Å². The topological polar surface area (TPSA) is 66.2 Å². The number of fused-ring (bicyclic) bond motifs is 1. The van der Waals surface area contributed by atoms with Crippen LogP contribution in [0.15, 0.2) is 45.8 Å². The lowest BCUT2D eigenvalue weighted by Gasteiger charge is -2.09. The molecule has 3 rings (SSSR count). The lowest BCUT2D eigenvalue weighted by Crippen LogP contribution is -2.21. The van der Waals surface area contributed by atoms with Gasteiger partial charge >= 0.3 is 0 Å². The molecule has 0 saturated heterocycles. The van der Waals surface area contributed by atoms with E-state index < -0.39 is 0 Å². The van der Waals surface area contributed by atoms with Gasteiger partial charge in [0.05, 0.1) is 26.8 Å². The lowest BCUT2D eigenvalue weighted by atomic mass is 10.2. The fraction of sp³-hybridized carbons (Fsp3) is 0.188. The van der Waals surface area contributed by atoms with Crippen molar-refractivity contribution in [2.24, 2.45) is 0 Å². The van der Waals surface area contributed by atoms with E-state index in [0.29, 0.717) is 23.0 Å². The third-order valence-corrected chi connectivity index (χ3v) is 3.89. The largest absolute Gasteiger partial charge is 0.481 e. The number of hydrogen-bond donors (Lipinski definition) is 0. The molecule has 0 radical (unpaired) electrons. The molecule has 0 N–H and O–H groups in total. The van der Waals surface area contributed by atoms with Crippen LogP contribution >= 0.6 is 15.9 Å². The zero-order valence-electron chi connectivity index (χ0n) is 12.6. The maximum absolute atomic E-state index is 12.6. The molecule has 7 heteroatoms. The van der Waals surface area contributed by atoms with E-state index in [1.54, 1.807) is 22.9 Å². The predicted molar refractivity (Wildman–Crippen MR) is 90.1 cm³/mol. The van der Waals surface area contributed by atoms with Crippen molar-refractivity contribution in [3.8, 4) is 11.8 Å². The molecule has 23 heavy (non-hydrogen) atoms. The smallest absolute Gasteiger partial charge is 0.258 e. The van der Waals surface area contributed by atoms with E-state index >= 15 is 0 Å².